The van der Waals surface area contributed by atoms with E-state index in [1.807, 2.05) is 0 Å². The Balaban J connectivity index is -0.000000187. The molecular weight excluding hydrogens is 391 g/mol. The molecule has 0 bridgehead atoms. The molecule has 0 saturated carbocycles. The summed E-state index contributed by atoms with van der Waals surface area (Å²) in [4.78, 5) is 31.9. The van der Waals surface area contributed by atoms with Crippen molar-refractivity contribution >= 4 is 109 Å². The second-order valence-electron chi connectivity index (χ2n) is 2.83. The normalized spacial score (nSPS) is 10.1. The molecule has 0 aromatic carbocycles. The standard InChI is InChI=1S/C10H14O6.2Sr.2H/c1-4-10(13)15-6-9(16-8(3)12)5-14-7(2)11;;;;/h9H,2-6H2,1H3;;;;/q-2;2*+2;2*-1. The summed E-state index contributed by atoms with van der Waals surface area (Å²) in [6.07, 6.45) is -0.647. The van der Waals surface area contributed by atoms with Crippen LogP contribution in [0, 0.1) is 13.8 Å². The summed E-state index contributed by atoms with van der Waals surface area (Å²) in [6.45, 7) is 7.20. The number of ether oxygens (including phenoxy) is 3. The van der Waals surface area contributed by atoms with E-state index in [9.17, 15) is 14.4 Å². The zero-order chi connectivity index (χ0) is 12.6. The molecule has 6 nitrogen and oxygen atoms in total. The number of rotatable bonds is 6. The zero-order valence-corrected chi connectivity index (χ0v) is 17.4. The van der Waals surface area contributed by atoms with Gasteiger partial charge in [0.1, 0.15) is 13.2 Å². The first-order valence-electron chi connectivity index (χ1n) is 4.62. The van der Waals surface area contributed by atoms with Crippen molar-refractivity contribution in [2.24, 2.45) is 0 Å². The second kappa shape index (κ2) is 14.5. The first-order chi connectivity index (χ1) is 7.45. The van der Waals surface area contributed by atoms with Gasteiger partial charge in [-0.2, -0.15) is 0 Å². The molecule has 0 N–H and O–H groups in total. The Kier molecular flexibility index (Phi) is 19.5. The van der Waals surface area contributed by atoms with Crippen LogP contribution in [0.2, 0.25) is 0 Å². The van der Waals surface area contributed by atoms with Gasteiger partial charge in [-0.15, -0.1) is 0 Å². The maximum absolute atomic E-state index is 10.8. The second-order valence-corrected chi connectivity index (χ2v) is 2.83. The molecule has 0 aromatic rings. The molecule has 18 heavy (non-hydrogen) atoms. The summed E-state index contributed by atoms with van der Waals surface area (Å²) in [5, 5.41) is 0. The van der Waals surface area contributed by atoms with Crippen molar-refractivity contribution in [2.75, 3.05) is 13.2 Å². The van der Waals surface area contributed by atoms with Gasteiger partial charge in [-0.1, -0.05) is 6.92 Å². The number of hydrogen-bond acceptors (Lipinski definition) is 6. The van der Waals surface area contributed by atoms with Crippen LogP contribution in [-0.4, -0.2) is 128 Å². The van der Waals surface area contributed by atoms with Gasteiger partial charge in [0, 0.05) is 6.42 Å². The van der Waals surface area contributed by atoms with Gasteiger partial charge in [0.15, 0.2) is 18.0 Å². The molecule has 0 aliphatic rings. The topological polar surface area (TPSA) is 78.9 Å². The molecule has 0 aliphatic carbocycles. The average molecular weight is 407 g/mol. The third-order valence-corrected chi connectivity index (χ3v) is 1.45. The van der Waals surface area contributed by atoms with Crippen LogP contribution in [0.25, 0.3) is 0 Å². The number of carbonyl (C=O) groups excluding carboxylic acids is 3. The van der Waals surface area contributed by atoms with E-state index in [4.69, 9.17) is 4.74 Å². The maximum atomic E-state index is 10.8. The molecular formula is C10H16O6Sr2. The van der Waals surface area contributed by atoms with Crippen LogP contribution in [0.1, 0.15) is 16.2 Å². The summed E-state index contributed by atoms with van der Waals surface area (Å²) in [7, 11) is 0. The van der Waals surface area contributed by atoms with Gasteiger partial charge in [-0.3, -0.25) is 28.2 Å². The monoisotopic (exact) mass is 408 g/mol. The third kappa shape index (κ3) is 15.2. The van der Waals surface area contributed by atoms with Crippen molar-refractivity contribution < 1.29 is 31.4 Å². The van der Waals surface area contributed by atoms with Crippen LogP contribution in [0.3, 0.4) is 0 Å². The third-order valence-electron chi connectivity index (χ3n) is 1.45. The number of esters is 3. The van der Waals surface area contributed by atoms with E-state index in [-0.39, 0.29) is 113 Å². The fourth-order valence-electron chi connectivity index (χ4n) is 0.776. The molecule has 96 valence electrons. The molecule has 0 rings (SSSR count). The Morgan fingerprint density at radius 3 is 1.94 bits per heavy atom. The van der Waals surface area contributed by atoms with Crippen molar-refractivity contribution in [1.82, 2.24) is 0 Å². The molecule has 0 aliphatic heterocycles. The van der Waals surface area contributed by atoms with E-state index in [2.05, 4.69) is 23.3 Å². The smallest absolute Gasteiger partial charge is 1.00 e. The van der Waals surface area contributed by atoms with Gasteiger partial charge in [-0.05, 0) is 0 Å². The Labute approximate surface area is 184 Å². The van der Waals surface area contributed by atoms with Gasteiger partial charge < -0.3 is 17.1 Å². The fourth-order valence-corrected chi connectivity index (χ4v) is 0.776. The Morgan fingerprint density at radius 1 is 1.06 bits per heavy atom. The van der Waals surface area contributed by atoms with Crippen LogP contribution in [0.5, 0.6) is 0 Å². The van der Waals surface area contributed by atoms with E-state index in [0.29, 0.717) is 0 Å². The minimum atomic E-state index is -0.855. The molecule has 0 fully saturated rings. The summed E-state index contributed by atoms with van der Waals surface area (Å²) in [6, 6.07) is 0. The van der Waals surface area contributed by atoms with E-state index >= 15 is 0 Å². The van der Waals surface area contributed by atoms with Crippen molar-refractivity contribution in [3.8, 4) is 0 Å². The summed E-state index contributed by atoms with van der Waals surface area (Å²) in [5.41, 5.74) is 0. The van der Waals surface area contributed by atoms with Crippen LogP contribution in [0.4, 0.5) is 0 Å². The molecule has 8 heteroatoms. The van der Waals surface area contributed by atoms with Gasteiger partial charge in [0.2, 0.25) is 0 Å². The van der Waals surface area contributed by atoms with E-state index in [1.54, 1.807) is 6.92 Å². The van der Waals surface area contributed by atoms with Gasteiger partial charge in [-0.25, -0.2) is 0 Å². The minimum Gasteiger partial charge on any atom is -1.00 e. The van der Waals surface area contributed by atoms with E-state index in [0.717, 1.165) is 0 Å². The van der Waals surface area contributed by atoms with Crippen molar-refractivity contribution in [3.05, 3.63) is 13.8 Å². The van der Waals surface area contributed by atoms with Crippen molar-refractivity contribution in [1.29, 1.82) is 0 Å². The SMILES string of the molecule is [CH2-]C(=O)OCC(COC(=O)CC)OC([CH2-])=O.[H-].[H-].[Sr+2].[Sr+2]. The summed E-state index contributed by atoms with van der Waals surface area (Å²) >= 11 is 0. The average Bonchev–Trinajstić information content (AvgIpc) is 2.20. The quantitative estimate of drug-likeness (QED) is 0.256. The fraction of sp³-hybridized carbons (Fsp3) is 0.500. The molecule has 0 amide bonds. The molecule has 1 atom stereocenters. The van der Waals surface area contributed by atoms with Crippen LogP contribution < -0.4 is 0 Å². The molecule has 0 aromatic heterocycles. The molecule has 0 spiro atoms. The first kappa shape index (κ1) is 24.2. The minimum absolute atomic E-state index is 0. The van der Waals surface area contributed by atoms with Gasteiger partial charge >= 0.3 is 96.9 Å². The predicted molar refractivity (Wildman–Crippen MR) is 66.5 cm³/mol. The largest absolute Gasteiger partial charge is 2.00 e. The van der Waals surface area contributed by atoms with E-state index in [1.165, 1.54) is 0 Å². The molecule has 0 saturated heterocycles. The molecule has 1 unspecified atom stereocenters. The zero-order valence-electron chi connectivity index (χ0n) is 12.5. The van der Waals surface area contributed by atoms with Crippen LogP contribution in [0.15, 0.2) is 0 Å². The summed E-state index contributed by atoms with van der Waals surface area (Å²) < 4.78 is 13.9. The van der Waals surface area contributed by atoms with Gasteiger partial charge in [0.25, 0.3) is 0 Å². The van der Waals surface area contributed by atoms with Crippen molar-refractivity contribution in [2.45, 2.75) is 19.4 Å². The Morgan fingerprint density at radius 2 is 1.56 bits per heavy atom. The molecule has 0 heterocycles. The van der Waals surface area contributed by atoms with Crippen LogP contribution >= 0.6 is 0 Å². The number of carbonyl (C=O) groups is 3. The number of hydrogen-bond donors (Lipinski definition) is 0. The predicted octanol–water partition coefficient (Wildman–Crippen LogP) is -0.474. The van der Waals surface area contributed by atoms with Crippen LogP contribution in [-0.2, 0) is 28.6 Å². The maximum Gasteiger partial charge on any atom is 2.00 e. The molecule has 0 radical (unpaired) electrons. The Bertz CT molecular complexity index is 278. The summed E-state index contributed by atoms with van der Waals surface area (Å²) in [5.74, 6) is -1.99. The van der Waals surface area contributed by atoms with Crippen molar-refractivity contribution in [3.63, 3.8) is 0 Å². The Hall–Kier alpha value is 1.11. The van der Waals surface area contributed by atoms with E-state index < -0.39 is 24.0 Å². The first-order valence-corrected chi connectivity index (χ1v) is 4.62. The van der Waals surface area contributed by atoms with Gasteiger partial charge in [0.05, 0.1) is 0 Å².